The van der Waals surface area contributed by atoms with Gasteiger partial charge in [0.05, 0.1) is 0 Å². The van der Waals surface area contributed by atoms with Crippen LogP contribution in [0.1, 0.15) is 56.4 Å². The van der Waals surface area contributed by atoms with Gasteiger partial charge in [0.1, 0.15) is 0 Å². The van der Waals surface area contributed by atoms with Gasteiger partial charge in [-0.15, -0.1) is 0 Å². The molecule has 0 aliphatic carbocycles. The molecule has 0 aliphatic heterocycles. The van der Waals surface area contributed by atoms with Crippen molar-refractivity contribution in [2.24, 2.45) is 5.73 Å². The van der Waals surface area contributed by atoms with Crippen molar-refractivity contribution in [2.45, 2.75) is 65.8 Å². The lowest BCUT2D eigenvalue weighted by atomic mass is 9.83. The fraction of sp³-hybridized carbons (Fsp3) is 0.625. The number of aryl methyl sites for hydroxylation is 2. The highest BCUT2D eigenvalue weighted by atomic mass is 14.6. The minimum absolute atomic E-state index is 0.223. The predicted molar refractivity (Wildman–Crippen MR) is 76.6 cm³/mol. The summed E-state index contributed by atoms with van der Waals surface area (Å²) in [6.45, 7) is 13.4. The fourth-order valence-corrected chi connectivity index (χ4v) is 2.15. The lowest BCUT2D eigenvalue weighted by molar-refractivity contribution is 0.587. The molecule has 1 rings (SSSR count). The largest absolute Gasteiger partial charge is 0.327 e. The number of hydrogen-bond donors (Lipinski definition) is 1. The van der Waals surface area contributed by atoms with Crippen molar-refractivity contribution in [3.05, 3.63) is 34.4 Å². The number of rotatable bonds is 3. The van der Waals surface area contributed by atoms with Crippen LogP contribution in [-0.4, -0.2) is 6.04 Å². The monoisotopic (exact) mass is 233 g/mol. The Morgan fingerprint density at radius 2 is 1.59 bits per heavy atom. The molecule has 0 spiro atoms. The Morgan fingerprint density at radius 1 is 1.12 bits per heavy atom. The van der Waals surface area contributed by atoms with E-state index in [9.17, 15) is 0 Å². The lowest BCUT2D eigenvalue weighted by Gasteiger charge is -2.23. The summed E-state index contributed by atoms with van der Waals surface area (Å²) in [7, 11) is 0. The van der Waals surface area contributed by atoms with Crippen LogP contribution in [0.5, 0.6) is 0 Å². The standard InChI is InChI=1S/C16H27N/c1-7-14(17)10-15-11(2)8-13(9-12(15)3)16(4,5)6/h8-9,14H,7,10,17H2,1-6H3/t14-/m1/s1. The SMILES string of the molecule is CC[C@@H](N)Cc1c(C)cc(C(C)(C)C)cc1C. The van der Waals surface area contributed by atoms with Gasteiger partial charge in [-0.25, -0.2) is 0 Å². The molecule has 96 valence electrons. The Kier molecular flexibility index (Phi) is 4.37. The second-order valence-corrected chi connectivity index (χ2v) is 6.21. The Hall–Kier alpha value is -0.820. The van der Waals surface area contributed by atoms with E-state index in [0.29, 0.717) is 0 Å². The first-order valence-electron chi connectivity index (χ1n) is 6.62. The van der Waals surface area contributed by atoms with Gasteiger partial charge in [-0.05, 0) is 54.4 Å². The third-order valence-corrected chi connectivity index (χ3v) is 3.55. The van der Waals surface area contributed by atoms with Gasteiger partial charge in [-0.2, -0.15) is 0 Å². The summed E-state index contributed by atoms with van der Waals surface area (Å²) in [5.41, 5.74) is 11.9. The maximum absolute atomic E-state index is 6.07. The molecule has 0 aliphatic rings. The summed E-state index contributed by atoms with van der Waals surface area (Å²) < 4.78 is 0. The smallest absolute Gasteiger partial charge is 0.00768 e. The lowest BCUT2D eigenvalue weighted by Crippen LogP contribution is -2.23. The molecule has 0 aromatic heterocycles. The minimum atomic E-state index is 0.223. The first-order chi connectivity index (χ1) is 7.75. The van der Waals surface area contributed by atoms with Crippen LogP contribution >= 0.6 is 0 Å². The van der Waals surface area contributed by atoms with E-state index in [-0.39, 0.29) is 11.5 Å². The van der Waals surface area contributed by atoms with Crippen LogP contribution in [0.2, 0.25) is 0 Å². The first-order valence-corrected chi connectivity index (χ1v) is 6.62. The van der Waals surface area contributed by atoms with Crippen molar-refractivity contribution in [2.75, 3.05) is 0 Å². The zero-order valence-corrected chi connectivity index (χ0v) is 12.2. The highest BCUT2D eigenvalue weighted by Crippen LogP contribution is 2.27. The molecule has 0 saturated heterocycles. The normalized spacial score (nSPS) is 13.8. The molecule has 0 unspecified atom stereocenters. The van der Waals surface area contributed by atoms with Crippen LogP contribution in [0.3, 0.4) is 0 Å². The molecule has 0 saturated carbocycles. The molecular weight excluding hydrogens is 206 g/mol. The topological polar surface area (TPSA) is 26.0 Å². The van der Waals surface area contributed by atoms with Crippen molar-refractivity contribution in [1.82, 2.24) is 0 Å². The highest BCUT2D eigenvalue weighted by Gasteiger charge is 2.16. The van der Waals surface area contributed by atoms with E-state index in [1.54, 1.807) is 0 Å². The third-order valence-electron chi connectivity index (χ3n) is 3.55. The van der Waals surface area contributed by atoms with Gasteiger partial charge in [0.25, 0.3) is 0 Å². The van der Waals surface area contributed by atoms with Gasteiger partial charge >= 0.3 is 0 Å². The number of nitrogens with two attached hydrogens (primary N) is 1. The van der Waals surface area contributed by atoms with Crippen LogP contribution in [-0.2, 0) is 11.8 Å². The van der Waals surface area contributed by atoms with Crippen molar-refractivity contribution in [3.63, 3.8) is 0 Å². The quantitative estimate of drug-likeness (QED) is 0.842. The van der Waals surface area contributed by atoms with E-state index in [4.69, 9.17) is 5.73 Å². The summed E-state index contributed by atoms with van der Waals surface area (Å²) in [4.78, 5) is 0. The summed E-state index contributed by atoms with van der Waals surface area (Å²) in [5, 5.41) is 0. The Bertz CT molecular complexity index is 362. The molecule has 0 heterocycles. The van der Waals surface area contributed by atoms with E-state index in [1.165, 1.54) is 22.3 Å². The maximum atomic E-state index is 6.07. The molecule has 1 atom stereocenters. The van der Waals surface area contributed by atoms with Gasteiger partial charge in [0.15, 0.2) is 0 Å². The van der Waals surface area contributed by atoms with Crippen LogP contribution < -0.4 is 5.73 Å². The van der Waals surface area contributed by atoms with Crippen molar-refractivity contribution >= 4 is 0 Å². The zero-order chi connectivity index (χ0) is 13.2. The minimum Gasteiger partial charge on any atom is -0.327 e. The zero-order valence-electron chi connectivity index (χ0n) is 12.2. The molecule has 1 aromatic carbocycles. The Labute approximate surface area is 106 Å². The molecule has 1 nitrogen and oxygen atoms in total. The Balaban J connectivity index is 3.11. The molecule has 0 amide bonds. The van der Waals surface area contributed by atoms with Crippen LogP contribution in [0.15, 0.2) is 12.1 Å². The van der Waals surface area contributed by atoms with Gasteiger partial charge in [-0.1, -0.05) is 39.8 Å². The van der Waals surface area contributed by atoms with Gasteiger partial charge in [0.2, 0.25) is 0 Å². The van der Waals surface area contributed by atoms with Gasteiger partial charge < -0.3 is 5.73 Å². The summed E-state index contributed by atoms with van der Waals surface area (Å²) in [6.07, 6.45) is 2.04. The third kappa shape index (κ3) is 3.57. The van der Waals surface area contributed by atoms with Crippen LogP contribution in [0, 0.1) is 13.8 Å². The molecule has 17 heavy (non-hydrogen) atoms. The Morgan fingerprint density at radius 3 is 1.94 bits per heavy atom. The average molecular weight is 233 g/mol. The summed E-state index contributed by atoms with van der Waals surface area (Å²) >= 11 is 0. The molecular formula is C16H27N. The molecule has 0 fully saturated rings. The molecule has 1 heteroatoms. The predicted octanol–water partition coefficient (Wildman–Crippen LogP) is 3.88. The molecule has 2 N–H and O–H groups in total. The first kappa shape index (κ1) is 14.2. The second-order valence-electron chi connectivity index (χ2n) is 6.21. The molecule has 1 aromatic rings. The summed E-state index contributed by atoms with van der Waals surface area (Å²) in [5.74, 6) is 0. The average Bonchev–Trinajstić information content (AvgIpc) is 2.21. The van der Waals surface area contributed by atoms with Gasteiger partial charge in [0, 0.05) is 6.04 Å². The van der Waals surface area contributed by atoms with Crippen LogP contribution in [0.25, 0.3) is 0 Å². The molecule has 0 bridgehead atoms. The van der Waals surface area contributed by atoms with Gasteiger partial charge in [-0.3, -0.25) is 0 Å². The highest BCUT2D eigenvalue weighted by molar-refractivity contribution is 5.40. The van der Waals surface area contributed by atoms with E-state index in [0.717, 1.165) is 12.8 Å². The summed E-state index contributed by atoms with van der Waals surface area (Å²) in [6, 6.07) is 4.93. The fourth-order valence-electron chi connectivity index (χ4n) is 2.15. The van der Waals surface area contributed by atoms with E-state index < -0.39 is 0 Å². The molecule has 0 radical (unpaired) electrons. The van der Waals surface area contributed by atoms with E-state index in [1.807, 2.05) is 0 Å². The van der Waals surface area contributed by atoms with E-state index in [2.05, 4.69) is 53.7 Å². The van der Waals surface area contributed by atoms with Crippen molar-refractivity contribution in [3.8, 4) is 0 Å². The number of hydrogen-bond acceptors (Lipinski definition) is 1. The van der Waals surface area contributed by atoms with E-state index >= 15 is 0 Å². The van der Waals surface area contributed by atoms with Crippen molar-refractivity contribution < 1.29 is 0 Å². The van der Waals surface area contributed by atoms with Crippen molar-refractivity contribution in [1.29, 1.82) is 0 Å². The maximum Gasteiger partial charge on any atom is 0.00768 e. The second kappa shape index (κ2) is 5.22. The van der Waals surface area contributed by atoms with Crippen LogP contribution in [0.4, 0.5) is 0 Å². The number of benzene rings is 1.